The Labute approximate surface area is 160 Å². The van der Waals surface area contributed by atoms with Crippen molar-refractivity contribution in [1.29, 1.82) is 0 Å². The molecule has 0 spiro atoms. The number of rotatable bonds is 5. The van der Waals surface area contributed by atoms with Crippen LogP contribution in [0.15, 0.2) is 54.6 Å². The Kier molecular flexibility index (Phi) is 5.23. The molecule has 0 unspecified atom stereocenters. The summed E-state index contributed by atoms with van der Waals surface area (Å²) < 4.78 is 2.05. The molecule has 3 aromatic rings. The molecule has 1 saturated carbocycles. The molecule has 27 heavy (non-hydrogen) atoms. The Morgan fingerprint density at radius 1 is 1.04 bits per heavy atom. The molecule has 2 aromatic carbocycles. The minimum Gasteiger partial charge on any atom is -0.334 e. The van der Waals surface area contributed by atoms with Gasteiger partial charge < -0.3 is 9.47 Å². The van der Waals surface area contributed by atoms with Crippen molar-refractivity contribution in [3.8, 4) is 0 Å². The van der Waals surface area contributed by atoms with Crippen LogP contribution in [0, 0.1) is 6.92 Å². The number of amides is 1. The van der Waals surface area contributed by atoms with E-state index in [2.05, 4.69) is 26.6 Å². The highest BCUT2D eigenvalue weighted by molar-refractivity contribution is 5.81. The molecule has 140 valence electrons. The van der Waals surface area contributed by atoms with E-state index in [4.69, 9.17) is 0 Å². The van der Waals surface area contributed by atoms with E-state index in [1.54, 1.807) is 0 Å². The first-order valence-corrected chi connectivity index (χ1v) is 9.97. The topological polar surface area (TPSA) is 38.1 Å². The highest BCUT2D eigenvalue weighted by Crippen LogP contribution is 2.25. The highest BCUT2D eigenvalue weighted by atomic mass is 16.2. The third-order valence-corrected chi connectivity index (χ3v) is 5.67. The van der Waals surface area contributed by atoms with Crippen LogP contribution in [0.2, 0.25) is 0 Å². The standard InChI is InChI=1S/C23H27N3O/c1-18-24-21-14-8-9-15-22(21)25(18)17-23(27)26(20-12-6-3-7-13-20)16-19-10-4-2-5-11-19/h2,4-5,8-11,14-15,20H,3,6-7,12-13,16-17H2,1H3. The summed E-state index contributed by atoms with van der Waals surface area (Å²) in [5, 5.41) is 0. The Morgan fingerprint density at radius 3 is 2.52 bits per heavy atom. The van der Waals surface area contributed by atoms with E-state index < -0.39 is 0 Å². The van der Waals surface area contributed by atoms with Crippen LogP contribution < -0.4 is 0 Å². The molecule has 4 heteroatoms. The number of imidazole rings is 1. The van der Waals surface area contributed by atoms with Crippen molar-refractivity contribution >= 4 is 16.9 Å². The summed E-state index contributed by atoms with van der Waals surface area (Å²) in [5.74, 6) is 1.09. The second kappa shape index (κ2) is 7.95. The van der Waals surface area contributed by atoms with Gasteiger partial charge in [-0.2, -0.15) is 0 Å². The fourth-order valence-corrected chi connectivity index (χ4v) is 4.22. The molecule has 4 rings (SSSR count). The third-order valence-electron chi connectivity index (χ3n) is 5.67. The average molecular weight is 361 g/mol. The summed E-state index contributed by atoms with van der Waals surface area (Å²) in [4.78, 5) is 20.1. The molecule has 0 N–H and O–H groups in total. The van der Waals surface area contributed by atoms with Crippen LogP contribution >= 0.6 is 0 Å². The quantitative estimate of drug-likeness (QED) is 0.660. The van der Waals surface area contributed by atoms with Gasteiger partial charge in [0.2, 0.25) is 5.91 Å². The normalized spacial score (nSPS) is 15.1. The van der Waals surface area contributed by atoms with Gasteiger partial charge in [-0.1, -0.05) is 61.7 Å². The van der Waals surface area contributed by atoms with E-state index >= 15 is 0 Å². The first-order chi connectivity index (χ1) is 13.2. The van der Waals surface area contributed by atoms with Crippen LogP contribution in [-0.4, -0.2) is 26.4 Å². The lowest BCUT2D eigenvalue weighted by Crippen LogP contribution is -2.42. The predicted molar refractivity (Wildman–Crippen MR) is 108 cm³/mol. The van der Waals surface area contributed by atoms with Crippen molar-refractivity contribution in [2.24, 2.45) is 0 Å². The van der Waals surface area contributed by atoms with Gasteiger partial charge in [0.1, 0.15) is 12.4 Å². The number of hydrogen-bond donors (Lipinski definition) is 0. The molecular formula is C23H27N3O. The largest absolute Gasteiger partial charge is 0.334 e. The summed E-state index contributed by atoms with van der Waals surface area (Å²) in [6, 6.07) is 18.7. The van der Waals surface area contributed by atoms with E-state index in [0.29, 0.717) is 19.1 Å². The van der Waals surface area contributed by atoms with Crippen molar-refractivity contribution in [2.75, 3.05) is 0 Å². The molecule has 0 atom stereocenters. The van der Waals surface area contributed by atoms with E-state index in [0.717, 1.165) is 29.7 Å². The Bertz CT molecular complexity index is 910. The zero-order valence-electron chi connectivity index (χ0n) is 16.0. The van der Waals surface area contributed by atoms with Crippen LogP contribution in [-0.2, 0) is 17.9 Å². The van der Waals surface area contributed by atoms with Gasteiger partial charge in [-0.05, 0) is 37.5 Å². The van der Waals surface area contributed by atoms with Crippen molar-refractivity contribution in [3.05, 3.63) is 66.0 Å². The van der Waals surface area contributed by atoms with Crippen molar-refractivity contribution < 1.29 is 4.79 Å². The molecule has 0 radical (unpaired) electrons. The monoisotopic (exact) mass is 361 g/mol. The van der Waals surface area contributed by atoms with Crippen molar-refractivity contribution in [1.82, 2.24) is 14.5 Å². The van der Waals surface area contributed by atoms with Gasteiger partial charge in [0.05, 0.1) is 11.0 Å². The van der Waals surface area contributed by atoms with Crippen LogP contribution in [0.1, 0.15) is 43.5 Å². The molecule has 1 amide bonds. The molecule has 1 fully saturated rings. The zero-order valence-corrected chi connectivity index (χ0v) is 16.0. The molecule has 4 nitrogen and oxygen atoms in total. The number of nitrogens with zero attached hydrogens (tertiary/aromatic N) is 3. The lowest BCUT2D eigenvalue weighted by atomic mass is 9.93. The fraction of sp³-hybridized carbons (Fsp3) is 0.391. The number of carbonyl (C=O) groups is 1. The average Bonchev–Trinajstić information content (AvgIpc) is 3.03. The maximum absolute atomic E-state index is 13.4. The number of benzene rings is 2. The molecular weight excluding hydrogens is 334 g/mol. The zero-order chi connectivity index (χ0) is 18.6. The lowest BCUT2D eigenvalue weighted by molar-refractivity contribution is -0.135. The first-order valence-electron chi connectivity index (χ1n) is 9.97. The number of aryl methyl sites for hydroxylation is 1. The Hall–Kier alpha value is -2.62. The predicted octanol–water partition coefficient (Wildman–Crippen LogP) is 4.71. The van der Waals surface area contributed by atoms with Crippen LogP contribution in [0.25, 0.3) is 11.0 Å². The van der Waals surface area contributed by atoms with E-state index in [1.165, 1.54) is 24.8 Å². The summed E-state index contributed by atoms with van der Waals surface area (Å²) in [7, 11) is 0. The molecule has 0 aliphatic heterocycles. The Morgan fingerprint density at radius 2 is 1.74 bits per heavy atom. The van der Waals surface area contributed by atoms with Gasteiger partial charge in [0.25, 0.3) is 0 Å². The minimum atomic E-state index is 0.192. The van der Waals surface area contributed by atoms with Gasteiger partial charge in [0, 0.05) is 12.6 Å². The van der Waals surface area contributed by atoms with Crippen LogP contribution in [0.5, 0.6) is 0 Å². The number of hydrogen-bond acceptors (Lipinski definition) is 2. The summed E-state index contributed by atoms with van der Waals surface area (Å²) in [6.07, 6.45) is 5.95. The van der Waals surface area contributed by atoms with Gasteiger partial charge in [-0.3, -0.25) is 4.79 Å². The number of carbonyl (C=O) groups excluding carboxylic acids is 1. The molecule has 1 aromatic heterocycles. The van der Waals surface area contributed by atoms with E-state index in [1.807, 2.05) is 49.4 Å². The molecule has 1 aliphatic carbocycles. The van der Waals surface area contributed by atoms with Crippen LogP contribution in [0.4, 0.5) is 0 Å². The SMILES string of the molecule is Cc1nc2ccccc2n1CC(=O)N(Cc1ccccc1)C1CCCCC1. The van der Waals surface area contributed by atoms with E-state index in [9.17, 15) is 4.79 Å². The maximum Gasteiger partial charge on any atom is 0.243 e. The summed E-state index contributed by atoms with van der Waals surface area (Å²) in [5.41, 5.74) is 3.19. The second-order valence-electron chi connectivity index (χ2n) is 7.53. The number of aromatic nitrogens is 2. The first kappa shape index (κ1) is 17.8. The Balaban J connectivity index is 1.60. The third kappa shape index (κ3) is 3.90. The van der Waals surface area contributed by atoms with Crippen molar-refractivity contribution in [2.45, 2.75) is 58.2 Å². The van der Waals surface area contributed by atoms with Gasteiger partial charge in [-0.15, -0.1) is 0 Å². The lowest BCUT2D eigenvalue weighted by Gasteiger charge is -2.35. The molecule has 1 aliphatic rings. The number of para-hydroxylation sites is 2. The molecule has 0 saturated heterocycles. The maximum atomic E-state index is 13.4. The minimum absolute atomic E-state index is 0.192. The molecule has 0 bridgehead atoms. The molecule has 1 heterocycles. The fourth-order valence-electron chi connectivity index (χ4n) is 4.22. The van der Waals surface area contributed by atoms with E-state index in [-0.39, 0.29) is 5.91 Å². The van der Waals surface area contributed by atoms with Crippen LogP contribution in [0.3, 0.4) is 0 Å². The van der Waals surface area contributed by atoms with Gasteiger partial charge >= 0.3 is 0 Å². The number of fused-ring (bicyclic) bond motifs is 1. The highest BCUT2D eigenvalue weighted by Gasteiger charge is 2.26. The summed E-state index contributed by atoms with van der Waals surface area (Å²) in [6.45, 7) is 3.03. The summed E-state index contributed by atoms with van der Waals surface area (Å²) >= 11 is 0. The van der Waals surface area contributed by atoms with Gasteiger partial charge in [-0.25, -0.2) is 4.98 Å². The van der Waals surface area contributed by atoms with Crippen molar-refractivity contribution in [3.63, 3.8) is 0 Å². The second-order valence-corrected chi connectivity index (χ2v) is 7.53. The smallest absolute Gasteiger partial charge is 0.243 e. The van der Waals surface area contributed by atoms with Gasteiger partial charge in [0.15, 0.2) is 0 Å².